The number of nitrogens with two attached hydrogens (primary N) is 1. The van der Waals surface area contributed by atoms with E-state index in [-0.39, 0.29) is 6.04 Å². The van der Waals surface area contributed by atoms with Crippen molar-refractivity contribution in [2.75, 3.05) is 19.7 Å². The zero-order valence-corrected chi connectivity index (χ0v) is 8.29. The van der Waals surface area contributed by atoms with Crippen molar-refractivity contribution < 1.29 is 4.74 Å². The van der Waals surface area contributed by atoms with Crippen LogP contribution >= 0.6 is 0 Å². The fourth-order valence-corrected chi connectivity index (χ4v) is 1.60. The molecule has 1 fully saturated rings. The summed E-state index contributed by atoms with van der Waals surface area (Å²) in [5.74, 6) is 0. The summed E-state index contributed by atoms with van der Waals surface area (Å²) in [6, 6.07) is 0.782. The molecule has 2 unspecified atom stereocenters. The molecule has 1 aliphatic heterocycles. The molecule has 1 rings (SSSR count). The Labute approximate surface area is 74.9 Å². The van der Waals surface area contributed by atoms with Crippen LogP contribution in [0, 0.1) is 0 Å². The highest BCUT2D eigenvalue weighted by Crippen LogP contribution is 2.10. The molecule has 0 aromatic rings. The van der Waals surface area contributed by atoms with Gasteiger partial charge in [-0.15, -0.1) is 0 Å². The maximum atomic E-state index is 5.75. The molecule has 0 amide bonds. The second-order valence-corrected chi connectivity index (χ2v) is 3.92. The van der Waals surface area contributed by atoms with E-state index < -0.39 is 0 Å². The molecule has 12 heavy (non-hydrogen) atoms. The van der Waals surface area contributed by atoms with E-state index in [1.807, 2.05) is 6.92 Å². The first-order valence-corrected chi connectivity index (χ1v) is 4.71. The minimum atomic E-state index is 0.262. The summed E-state index contributed by atoms with van der Waals surface area (Å²) < 4.78 is 5.52. The minimum Gasteiger partial charge on any atom is -0.376 e. The summed E-state index contributed by atoms with van der Waals surface area (Å²) in [6.07, 6.45) is 0.361. The number of hydrogen-bond donors (Lipinski definition) is 1. The third kappa shape index (κ3) is 2.73. The van der Waals surface area contributed by atoms with Crippen LogP contribution in [-0.2, 0) is 4.74 Å². The van der Waals surface area contributed by atoms with Crippen molar-refractivity contribution >= 4 is 0 Å². The normalized spacial score (nSPS) is 35.0. The Balaban J connectivity index is 2.38. The van der Waals surface area contributed by atoms with Crippen LogP contribution in [0.15, 0.2) is 0 Å². The largest absolute Gasteiger partial charge is 0.376 e. The van der Waals surface area contributed by atoms with Gasteiger partial charge < -0.3 is 10.5 Å². The zero-order valence-electron chi connectivity index (χ0n) is 8.29. The first-order chi connectivity index (χ1) is 5.59. The minimum absolute atomic E-state index is 0.262. The first kappa shape index (κ1) is 9.96. The van der Waals surface area contributed by atoms with Crippen LogP contribution in [0.25, 0.3) is 0 Å². The van der Waals surface area contributed by atoms with Gasteiger partial charge in [0.25, 0.3) is 0 Å². The van der Waals surface area contributed by atoms with Crippen molar-refractivity contribution in [1.82, 2.24) is 4.90 Å². The topological polar surface area (TPSA) is 38.5 Å². The second kappa shape index (κ2) is 4.21. The van der Waals surface area contributed by atoms with Gasteiger partial charge in [0.1, 0.15) is 0 Å². The summed E-state index contributed by atoms with van der Waals surface area (Å²) >= 11 is 0. The molecule has 1 saturated heterocycles. The molecule has 0 aromatic heterocycles. The maximum Gasteiger partial charge on any atom is 0.0674 e. The summed E-state index contributed by atoms with van der Waals surface area (Å²) in [5.41, 5.74) is 5.75. The van der Waals surface area contributed by atoms with Crippen molar-refractivity contribution in [1.29, 1.82) is 0 Å². The van der Waals surface area contributed by atoms with E-state index in [0.717, 1.165) is 19.7 Å². The first-order valence-electron chi connectivity index (χ1n) is 4.71. The number of nitrogens with zero attached hydrogens (tertiary/aromatic N) is 1. The van der Waals surface area contributed by atoms with Crippen LogP contribution in [-0.4, -0.2) is 42.8 Å². The molecule has 0 aliphatic carbocycles. The molecule has 0 saturated carbocycles. The van der Waals surface area contributed by atoms with Crippen LogP contribution in [0.4, 0.5) is 0 Å². The van der Waals surface area contributed by atoms with Gasteiger partial charge in [0, 0.05) is 25.2 Å². The van der Waals surface area contributed by atoms with E-state index in [0.29, 0.717) is 12.1 Å². The predicted octanol–water partition coefficient (Wildman–Crippen LogP) is 0.443. The van der Waals surface area contributed by atoms with Crippen LogP contribution in [0.5, 0.6) is 0 Å². The Bertz CT molecular complexity index is 136. The maximum absolute atomic E-state index is 5.75. The van der Waals surface area contributed by atoms with Crippen molar-refractivity contribution in [2.45, 2.75) is 39.0 Å². The Morgan fingerprint density at radius 1 is 1.58 bits per heavy atom. The molecule has 3 heteroatoms. The summed E-state index contributed by atoms with van der Waals surface area (Å²) in [5, 5.41) is 0. The zero-order chi connectivity index (χ0) is 9.14. The van der Waals surface area contributed by atoms with Crippen LogP contribution in [0.2, 0.25) is 0 Å². The van der Waals surface area contributed by atoms with Crippen LogP contribution < -0.4 is 5.73 Å². The lowest BCUT2D eigenvalue weighted by Gasteiger charge is -2.37. The van der Waals surface area contributed by atoms with Crippen molar-refractivity contribution in [3.8, 4) is 0 Å². The highest BCUT2D eigenvalue weighted by molar-refractivity contribution is 4.77. The molecule has 1 aliphatic rings. The van der Waals surface area contributed by atoms with Gasteiger partial charge in [-0.3, -0.25) is 4.90 Å². The molecule has 3 atom stereocenters. The molecular weight excluding hydrogens is 152 g/mol. The smallest absolute Gasteiger partial charge is 0.0674 e. The average molecular weight is 172 g/mol. The standard InChI is InChI=1S/C9H20N2O/c1-7(10)4-11-5-9(3)12-6-8(11)2/h7-9H,4-6,10H2,1-3H3/t7-,8?,9?/m1/s1. The lowest BCUT2D eigenvalue weighted by atomic mass is 10.2. The molecule has 72 valence electrons. The van der Waals surface area contributed by atoms with Gasteiger partial charge in [-0.1, -0.05) is 0 Å². The highest BCUT2D eigenvalue weighted by Gasteiger charge is 2.23. The quantitative estimate of drug-likeness (QED) is 0.657. The number of rotatable bonds is 2. The second-order valence-electron chi connectivity index (χ2n) is 3.92. The Morgan fingerprint density at radius 2 is 2.25 bits per heavy atom. The summed E-state index contributed by atoms with van der Waals surface area (Å²) in [6.45, 7) is 9.19. The molecule has 1 heterocycles. The number of hydrogen-bond acceptors (Lipinski definition) is 3. The van der Waals surface area contributed by atoms with E-state index in [1.54, 1.807) is 0 Å². The number of ether oxygens (including phenoxy) is 1. The molecule has 0 bridgehead atoms. The molecular formula is C9H20N2O. The fraction of sp³-hybridized carbons (Fsp3) is 1.00. The Kier molecular flexibility index (Phi) is 3.50. The lowest BCUT2D eigenvalue weighted by molar-refractivity contribution is -0.0504. The monoisotopic (exact) mass is 172 g/mol. The van der Waals surface area contributed by atoms with Gasteiger partial charge >= 0.3 is 0 Å². The van der Waals surface area contributed by atoms with Gasteiger partial charge in [-0.05, 0) is 20.8 Å². The van der Waals surface area contributed by atoms with E-state index in [2.05, 4.69) is 18.7 Å². The SMILES string of the molecule is CC1CN(C[C@@H](C)N)C(C)CO1. The van der Waals surface area contributed by atoms with Gasteiger partial charge in [-0.25, -0.2) is 0 Å². The Hall–Kier alpha value is -0.120. The van der Waals surface area contributed by atoms with Crippen LogP contribution in [0.1, 0.15) is 20.8 Å². The Morgan fingerprint density at radius 3 is 2.83 bits per heavy atom. The average Bonchev–Trinajstić information content (AvgIpc) is 1.96. The molecule has 0 spiro atoms. The van der Waals surface area contributed by atoms with Gasteiger partial charge in [0.05, 0.1) is 12.7 Å². The van der Waals surface area contributed by atoms with Gasteiger partial charge in [0.2, 0.25) is 0 Å². The summed E-state index contributed by atoms with van der Waals surface area (Å²) in [4.78, 5) is 2.40. The molecule has 0 aromatic carbocycles. The summed E-state index contributed by atoms with van der Waals surface area (Å²) in [7, 11) is 0. The molecule has 0 radical (unpaired) electrons. The number of morpholine rings is 1. The third-order valence-electron chi connectivity index (χ3n) is 2.26. The van der Waals surface area contributed by atoms with E-state index in [9.17, 15) is 0 Å². The lowest BCUT2D eigenvalue weighted by Crippen LogP contribution is -2.50. The fourth-order valence-electron chi connectivity index (χ4n) is 1.60. The molecule has 3 nitrogen and oxygen atoms in total. The molecule has 2 N–H and O–H groups in total. The van der Waals surface area contributed by atoms with Gasteiger partial charge in [-0.2, -0.15) is 0 Å². The van der Waals surface area contributed by atoms with E-state index >= 15 is 0 Å². The van der Waals surface area contributed by atoms with Crippen molar-refractivity contribution in [3.05, 3.63) is 0 Å². The third-order valence-corrected chi connectivity index (χ3v) is 2.26. The predicted molar refractivity (Wildman–Crippen MR) is 50.1 cm³/mol. The highest BCUT2D eigenvalue weighted by atomic mass is 16.5. The van der Waals surface area contributed by atoms with Crippen molar-refractivity contribution in [3.63, 3.8) is 0 Å². The van der Waals surface area contributed by atoms with E-state index in [4.69, 9.17) is 10.5 Å². The van der Waals surface area contributed by atoms with Crippen molar-refractivity contribution in [2.24, 2.45) is 5.73 Å². The van der Waals surface area contributed by atoms with E-state index in [1.165, 1.54) is 0 Å². The van der Waals surface area contributed by atoms with Crippen LogP contribution in [0.3, 0.4) is 0 Å². The van der Waals surface area contributed by atoms with Gasteiger partial charge in [0.15, 0.2) is 0 Å².